The third kappa shape index (κ3) is 2.21. The van der Waals surface area contributed by atoms with Crippen LogP contribution in [0.2, 0.25) is 0 Å². The minimum absolute atomic E-state index is 0.298. The summed E-state index contributed by atoms with van der Waals surface area (Å²) in [4.78, 5) is 12.0. The summed E-state index contributed by atoms with van der Waals surface area (Å²) in [6.07, 6.45) is 11.4. The van der Waals surface area contributed by atoms with Gasteiger partial charge in [0.05, 0.1) is 0 Å². The first kappa shape index (κ1) is 12.9. The number of carbonyl (C=O) groups is 1. The highest BCUT2D eigenvalue weighted by atomic mass is 16.1. The van der Waals surface area contributed by atoms with E-state index in [1.54, 1.807) is 0 Å². The van der Waals surface area contributed by atoms with E-state index in [1.165, 1.54) is 12.8 Å². The summed E-state index contributed by atoms with van der Waals surface area (Å²) in [6, 6.07) is 0. The van der Waals surface area contributed by atoms with Crippen LogP contribution in [0.1, 0.15) is 59.3 Å². The maximum atomic E-state index is 12.0. The van der Waals surface area contributed by atoms with E-state index >= 15 is 0 Å². The molecular weight excluding hydrogens is 208 g/mol. The summed E-state index contributed by atoms with van der Waals surface area (Å²) >= 11 is 0. The Hall–Kier alpha value is -0.590. The second kappa shape index (κ2) is 4.96. The minimum atomic E-state index is 0.298. The van der Waals surface area contributed by atoms with Crippen LogP contribution >= 0.6 is 0 Å². The van der Waals surface area contributed by atoms with Crippen molar-refractivity contribution in [3.63, 3.8) is 0 Å². The van der Waals surface area contributed by atoms with Gasteiger partial charge in [0.2, 0.25) is 0 Å². The topological polar surface area (TPSA) is 17.1 Å². The van der Waals surface area contributed by atoms with E-state index in [-0.39, 0.29) is 0 Å². The number of hydrogen-bond donors (Lipinski definition) is 0. The normalized spacial score (nSPS) is 39.6. The molecule has 0 spiro atoms. The number of allylic oxidation sites excluding steroid dienone is 2. The van der Waals surface area contributed by atoms with Crippen LogP contribution in [0.3, 0.4) is 0 Å². The summed E-state index contributed by atoms with van der Waals surface area (Å²) in [5.41, 5.74) is 0.298. The molecule has 1 nitrogen and oxygen atoms in total. The van der Waals surface area contributed by atoms with Crippen LogP contribution in [0, 0.1) is 23.2 Å². The molecule has 0 aromatic rings. The molecule has 17 heavy (non-hydrogen) atoms. The number of hydrogen-bond acceptors (Lipinski definition) is 1. The molecule has 2 rings (SSSR count). The molecule has 2 fully saturated rings. The van der Waals surface area contributed by atoms with E-state index in [0.29, 0.717) is 23.0 Å². The van der Waals surface area contributed by atoms with Crippen LogP contribution in [-0.2, 0) is 4.79 Å². The third-order valence-corrected chi connectivity index (χ3v) is 5.25. The van der Waals surface area contributed by atoms with Gasteiger partial charge in [-0.2, -0.15) is 0 Å². The fourth-order valence-electron chi connectivity index (χ4n) is 4.32. The highest BCUT2D eigenvalue weighted by molar-refractivity contribution is 5.83. The Morgan fingerprint density at radius 1 is 1.47 bits per heavy atom. The molecule has 0 radical (unpaired) electrons. The molecule has 96 valence electrons. The highest BCUT2D eigenvalue weighted by Crippen LogP contribution is 2.56. The Kier molecular flexibility index (Phi) is 3.75. The molecule has 0 amide bonds. The van der Waals surface area contributed by atoms with Crippen molar-refractivity contribution in [3.05, 3.63) is 12.2 Å². The lowest BCUT2D eigenvalue weighted by molar-refractivity contribution is -0.129. The van der Waals surface area contributed by atoms with Gasteiger partial charge < -0.3 is 0 Å². The van der Waals surface area contributed by atoms with E-state index in [2.05, 4.69) is 32.9 Å². The van der Waals surface area contributed by atoms with Crippen molar-refractivity contribution in [1.29, 1.82) is 0 Å². The van der Waals surface area contributed by atoms with E-state index in [4.69, 9.17) is 0 Å². The monoisotopic (exact) mass is 234 g/mol. The smallest absolute Gasteiger partial charge is 0.136 e. The van der Waals surface area contributed by atoms with Gasteiger partial charge in [-0.3, -0.25) is 4.79 Å². The van der Waals surface area contributed by atoms with Crippen LogP contribution in [0.15, 0.2) is 12.2 Å². The van der Waals surface area contributed by atoms with Crippen LogP contribution in [0.5, 0.6) is 0 Å². The summed E-state index contributed by atoms with van der Waals surface area (Å²) < 4.78 is 0. The zero-order chi connectivity index (χ0) is 12.5. The summed E-state index contributed by atoms with van der Waals surface area (Å²) in [6.45, 7) is 6.90. The molecule has 0 saturated heterocycles. The number of fused-ring (bicyclic) bond motifs is 1. The number of carbonyl (C=O) groups excluding carboxylic acids is 1. The molecule has 2 saturated carbocycles. The van der Waals surface area contributed by atoms with Crippen molar-refractivity contribution in [2.75, 3.05) is 0 Å². The Balaban J connectivity index is 2.15. The van der Waals surface area contributed by atoms with Crippen molar-refractivity contribution >= 4 is 5.78 Å². The Morgan fingerprint density at radius 2 is 2.24 bits per heavy atom. The molecule has 0 aromatic carbocycles. The van der Waals surface area contributed by atoms with E-state index in [1.807, 2.05) is 0 Å². The first-order chi connectivity index (χ1) is 8.09. The predicted molar refractivity (Wildman–Crippen MR) is 71.8 cm³/mol. The highest BCUT2D eigenvalue weighted by Gasteiger charge is 2.51. The summed E-state index contributed by atoms with van der Waals surface area (Å²) in [7, 11) is 0. The molecule has 0 bridgehead atoms. The average molecular weight is 234 g/mol. The Morgan fingerprint density at radius 3 is 2.94 bits per heavy atom. The van der Waals surface area contributed by atoms with Crippen molar-refractivity contribution in [3.8, 4) is 0 Å². The maximum absolute atomic E-state index is 12.0. The molecule has 2 aliphatic rings. The molecule has 1 heteroatoms. The van der Waals surface area contributed by atoms with Crippen molar-refractivity contribution in [2.24, 2.45) is 23.2 Å². The number of Topliss-reactive ketones (excluding diaryl/α,β-unsaturated/α-hetero) is 1. The van der Waals surface area contributed by atoms with Gasteiger partial charge in [-0.05, 0) is 49.4 Å². The molecule has 0 N–H and O–H groups in total. The fourth-order valence-corrected chi connectivity index (χ4v) is 4.32. The fraction of sp³-hybridized carbons (Fsp3) is 0.812. The van der Waals surface area contributed by atoms with Crippen LogP contribution in [-0.4, -0.2) is 5.78 Å². The van der Waals surface area contributed by atoms with Crippen LogP contribution in [0.4, 0.5) is 0 Å². The zero-order valence-corrected chi connectivity index (χ0v) is 11.5. The second-order valence-electron chi connectivity index (χ2n) is 6.26. The average Bonchev–Trinajstić information content (AvgIpc) is 2.64. The maximum Gasteiger partial charge on any atom is 0.136 e. The zero-order valence-electron chi connectivity index (χ0n) is 11.5. The standard InChI is InChI=1S/C16H26O/c1-4-5-7-12(2)13-9-10-14-15(17)8-6-11-16(13,14)3/h5,7,12-14H,4,6,8-11H2,1-3H3/b7-5+/t12-,13+,14-,16?/m0/s1. The Bertz CT molecular complexity index is 317. The molecule has 4 atom stereocenters. The largest absolute Gasteiger partial charge is 0.299 e. The van der Waals surface area contributed by atoms with Crippen molar-refractivity contribution in [1.82, 2.24) is 0 Å². The lowest BCUT2D eigenvalue weighted by Gasteiger charge is -2.41. The molecular formula is C16H26O. The van der Waals surface area contributed by atoms with Gasteiger partial charge in [0.1, 0.15) is 5.78 Å². The second-order valence-corrected chi connectivity index (χ2v) is 6.26. The predicted octanol–water partition coefficient (Wildman–Crippen LogP) is 4.37. The van der Waals surface area contributed by atoms with Gasteiger partial charge in [-0.25, -0.2) is 0 Å². The first-order valence-electron chi connectivity index (χ1n) is 7.29. The van der Waals surface area contributed by atoms with E-state index in [9.17, 15) is 4.79 Å². The van der Waals surface area contributed by atoms with E-state index < -0.39 is 0 Å². The van der Waals surface area contributed by atoms with Crippen LogP contribution < -0.4 is 0 Å². The molecule has 0 heterocycles. The van der Waals surface area contributed by atoms with Gasteiger partial charge in [0, 0.05) is 12.3 Å². The van der Waals surface area contributed by atoms with Crippen molar-refractivity contribution < 1.29 is 4.79 Å². The minimum Gasteiger partial charge on any atom is -0.299 e. The lowest BCUT2D eigenvalue weighted by Crippen LogP contribution is -2.39. The van der Waals surface area contributed by atoms with Crippen LogP contribution in [0.25, 0.3) is 0 Å². The summed E-state index contributed by atoms with van der Waals surface area (Å²) in [5, 5.41) is 0. The van der Waals surface area contributed by atoms with E-state index in [0.717, 1.165) is 31.6 Å². The number of rotatable bonds is 3. The Labute approximate surface area is 106 Å². The lowest BCUT2D eigenvalue weighted by atomic mass is 9.62. The molecule has 1 unspecified atom stereocenters. The van der Waals surface area contributed by atoms with Gasteiger partial charge in [0.15, 0.2) is 0 Å². The van der Waals surface area contributed by atoms with Gasteiger partial charge in [-0.15, -0.1) is 0 Å². The SMILES string of the molecule is CC/C=C/[C@H](C)[C@H]1CC[C@H]2C(=O)CCCC12C. The van der Waals surface area contributed by atoms with Gasteiger partial charge >= 0.3 is 0 Å². The number of ketones is 1. The first-order valence-corrected chi connectivity index (χ1v) is 7.29. The molecule has 0 aliphatic heterocycles. The van der Waals surface area contributed by atoms with Gasteiger partial charge in [-0.1, -0.05) is 32.9 Å². The third-order valence-electron chi connectivity index (χ3n) is 5.25. The quantitative estimate of drug-likeness (QED) is 0.662. The van der Waals surface area contributed by atoms with Crippen molar-refractivity contribution in [2.45, 2.75) is 59.3 Å². The molecule has 2 aliphatic carbocycles. The summed E-state index contributed by atoms with van der Waals surface area (Å²) in [5.74, 6) is 2.28. The molecule has 0 aromatic heterocycles. The van der Waals surface area contributed by atoms with Gasteiger partial charge in [0.25, 0.3) is 0 Å².